The average Bonchev–Trinajstić information content (AvgIpc) is 2.82. The van der Waals surface area contributed by atoms with Crippen molar-refractivity contribution in [2.24, 2.45) is 0 Å². The molecule has 2 aliphatic rings. The minimum Gasteiger partial charge on any atom is -0.378 e. The molecule has 3 heterocycles. The normalized spacial score (nSPS) is 19.6. The van der Waals surface area contributed by atoms with Crippen molar-refractivity contribution in [1.29, 1.82) is 0 Å². The molecule has 0 aliphatic carbocycles. The Morgan fingerprint density at radius 3 is 2.75 bits per heavy atom. The highest BCUT2D eigenvalue weighted by molar-refractivity contribution is 7.88. The van der Waals surface area contributed by atoms with Crippen LogP contribution >= 0.6 is 0 Å². The van der Waals surface area contributed by atoms with Crippen LogP contribution in [0, 0.1) is 0 Å². The number of carbonyl (C=O) groups is 1. The number of aryl methyl sites for hydroxylation is 1. The zero-order chi connectivity index (χ0) is 17.2. The fourth-order valence-electron chi connectivity index (χ4n) is 2.91. The molecule has 1 aromatic heterocycles. The maximum atomic E-state index is 12.1. The Kier molecular flexibility index (Phi) is 5.07. The highest BCUT2D eigenvalue weighted by atomic mass is 32.2. The van der Waals surface area contributed by atoms with Gasteiger partial charge in [-0.1, -0.05) is 0 Å². The second-order valence-corrected chi connectivity index (χ2v) is 8.04. The van der Waals surface area contributed by atoms with Crippen molar-refractivity contribution >= 4 is 16.1 Å². The van der Waals surface area contributed by atoms with Crippen molar-refractivity contribution in [2.75, 3.05) is 39.1 Å². The van der Waals surface area contributed by atoms with Crippen LogP contribution < -0.4 is 5.32 Å². The summed E-state index contributed by atoms with van der Waals surface area (Å²) in [6.45, 7) is 4.15. The van der Waals surface area contributed by atoms with E-state index in [0.717, 1.165) is 17.8 Å². The summed E-state index contributed by atoms with van der Waals surface area (Å²) in [4.78, 5) is 13.8. The van der Waals surface area contributed by atoms with E-state index in [1.807, 2.05) is 10.7 Å². The Bertz CT molecular complexity index is 696. The molecule has 0 bridgehead atoms. The van der Waals surface area contributed by atoms with Crippen molar-refractivity contribution < 1.29 is 17.9 Å². The molecule has 1 aromatic rings. The molecular formula is C14H23N5O4S. The number of nitrogens with zero attached hydrogens (tertiary/aromatic N) is 4. The maximum Gasteiger partial charge on any atom is 0.317 e. The van der Waals surface area contributed by atoms with Crippen LogP contribution in [0.5, 0.6) is 0 Å². The van der Waals surface area contributed by atoms with Gasteiger partial charge < -0.3 is 15.0 Å². The van der Waals surface area contributed by atoms with Gasteiger partial charge in [0.2, 0.25) is 10.0 Å². The van der Waals surface area contributed by atoms with Crippen LogP contribution in [0.3, 0.4) is 0 Å². The maximum absolute atomic E-state index is 12.1. The van der Waals surface area contributed by atoms with Crippen LogP contribution in [-0.4, -0.2) is 72.5 Å². The van der Waals surface area contributed by atoms with E-state index in [9.17, 15) is 13.2 Å². The van der Waals surface area contributed by atoms with E-state index in [2.05, 4.69) is 10.4 Å². The lowest BCUT2D eigenvalue weighted by Gasteiger charge is -2.26. The highest BCUT2D eigenvalue weighted by Gasteiger charge is 2.23. The van der Waals surface area contributed by atoms with Gasteiger partial charge in [0.05, 0.1) is 43.9 Å². The average molecular weight is 357 g/mol. The molecule has 0 spiro atoms. The van der Waals surface area contributed by atoms with Gasteiger partial charge in [-0.3, -0.25) is 4.68 Å². The molecule has 0 saturated carbocycles. The van der Waals surface area contributed by atoms with E-state index >= 15 is 0 Å². The number of sulfonamides is 1. The molecule has 3 rings (SSSR count). The Morgan fingerprint density at radius 1 is 1.29 bits per heavy atom. The third-order valence-corrected chi connectivity index (χ3v) is 5.47. The van der Waals surface area contributed by atoms with Gasteiger partial charge in [-0.05, 0) is 12.5 Å². The summed E-state index contributed by atoms with van der Waals surface area (Å²) in [7, 11) is -3.22. The lowest BCUT2D eigenvalue weighted by Crippen LogP contribution is -2.45. The van der Waals surface area contributed by atoms with Crippen molar-refractivity contribution in [3.8, 4) is 0 Å². The minimum atomic E-state index is -3.22. The van der Waals surface area contributed by atoms with Gasteiger partial charge in [0.15, 0.2) is 0 Å². The third-order valence-electron chi connectivity index (χ3n) is 4.22. The second kappa shape index (κ2) is 7.08. The van der Waals surface area contributed by atoms with Crippen LogP contribution in [0.2, 0.25) is 0 Å². The number of amides is 2. The number of carbonyl (C=O) groups excluding carboxylic acids is 1. The summed E-state index contributed by atoms with van der Waals surface area (Å²) in [5.74, 6) is 0. The van der Waals surface area contributed by atoms with E-state index in [1.54, 1.807) is 4.90 Å². The Morgan fingerprint density at radius 2 is 2.04 bits per heavy atom. The molecule has 24 heavy (non-hydrogen) atoms. The summed E-state index contributed by atoms with van der Waals surface area (Å²) in [6.07, 6.45) is 1.95. The monoisotopic (exact) mass is 357 g/mol. The lowest BCUT2D eigenvalue weighted by atomic mass is 10.3. The predicted octanol–water partition coefficient (Wildman–Crippen LogP) is -0.410. The van der Waals surface area contributed by atoms with E-state index < -0.39 is 10.0 Å². The summed E-state index contributed by atoms with van der Waals surface area (Å²) in [5.41, 5.74) is 1.59. The second-order valence-electron chi connectivity index (χ2n) is 6.06. The topological polar surface area (TPSA) is 96.8 Å². The van der Waals surface area contributed by atoms with Gasteiger partial charge in [0.25, 0.3) is 0 Å². The largest absolute Gasteiger partial charge is 0.378 e. The van der Waals surface area contributed by atoms with E-state index in [-0.39, 0.29) is 6.03 Å². The van der Waals surface area contributed by atoms with Crippen LogP contribution in [0.15, 0.2) is 6.07 Å². The molecule has 0 atom stereocenters. The first-order valence-electron chi connectivity index (χ1n) is 8.05. The molecule has 2 aliphatic heterocycles. The van der Waals surface area contributed by atoms with Crippen LogP contribution in [0.25, 0.3) is 0 Å². The lowest BCUT2D eigenvalue weighted by molar-refractivity contribution is 0.0531. The number of hydrogen-bond donors (Lipinski definition) is 1. The van der Waals surface area contributed by atoms with Crippen LogP contribution in [-0.2, 0) is 34.4 Å². The number of rotatable bonds is 3. The van der Waals surface area contributed by atoms with Gasteiger partial charge in [-0.25, -0.2) is 13.2 Å². The molecule has 1 fully saturated rings. The summed E-state index contributed by atoms with van der Waals surface area (Å²) >= 11 is 0. The SMILES string of the molecule is CS(=O)(=O)N1CCCn2nc(CNC(=O)N3CCOCC3)cc2C1. The Labute approximate surface area is 141 Å². The summed E-state index contributed by atoms with van der Waals surface area (Å²) < 4.78 is 32.1. The minimum absolute atomic E-state index is 0.126. The predicted molar refractivity (Wildman–Crippen MR) is 86.7 cm³/mol. The Balaban J connectivity index is 1.61. The van der Waals surface area contributed by atoms with Crippen LogP contribution in [0.4, 0.5) is 4.79 Å². The molecule has 9 nitrogen and oxygen atoms in total. The zero-order valence-corrected chi connectivity index (χ0v) is 14.6. The molecule has 134 valence electrons. The zero-order valence-electron chi connectivity index (χ0n) is 13.8. The molecule has 0 unspecified atom stereocenters. The van der Waals surface area contributed by atoms with Crippen LogP contribution in [0.1, 0.15) is 17.8 Å². The number of morpholine rings is 1. The number of nitrogens with one attached hydrogen (secondary N) is 1. The first kappa shape index (κ1) is 17.2. The van der Waals surface area contributed by atoms with Gasteiger partial charge >= 0.3 is 6.03 Å². The first-order valence-corrected chi connectivity index (χ1v) is 9.89. The number of hydrogen-bond acceptors (Lipinski definition) is 5. The van der Waals surface area contributed by atoms with Crippen molar-refractivity contribution in [3.63, 3.8) is 0 Å². The standard InChI is InChI=1S/C14H23N5O4S/c1-24(21,22)18-3-2-4-19-13(11-18)9-12(16-19)10-15-14(20)17-5-7-23-8-6-17/h9H,2-8,10-11H2,1H3,(H,15,20). The highest BCUT2D eigenvalue weighted by Crippen LogP contribution is 2.16. The molecular weight excluding hydrogens is 334 g/mol. The summed E-state index contributed by atoms with van der Waals surface area (Å²) in [5, 5.41) is 7.34. The van der Waals surface area contributed by atoms with E-state index in [1.165, 1.54) is 10.6 Å². The molecule has 0 aromatic carbocycles. The molecule has 1 N–H and O–H groups in total. The first-order chi connectivity index (χ1) is 11.4. The van der Waals surface area contributed by atoms with Crippen molar-refractivity contribution in [1.82, 2.24) is 24.3 Å². The van der Waals surface area contributed by atoms with Gasteiger partial charge in [-0.2, -0.15) is 9.40 Å². The van der Waals surface area contributed by atoms with E-state index in [0.29, 0.717) is 52.5 Å². The number of urea groups is 1. The van der Waals surface area contributed by atoms with Gasteiger partial charge in [-0.15, -0.1) is 0 Å². The van der Waals surface area contributed by atoms with Gasteiger partial charge in [0, 0.05) is 26.2 Å². The van der Waals surface area contributed by atoms with Crippen molar-refractivity contribution in [3.05, 3.63) is 17.5 Å². The number of ether oxygens (including phenoxy) is 1. The Hall–Kier alpha value is -1.65. The summed E-state index contributed by atoms with van der Waals surface area (Å²) in [6, 6.07) is 1.74. The fourth-order valence-corrected chi connectivity index (χ4v) is 3.73. The van der Waals surface area contributed by atoms with Gasteiger partial charge in [0.1, 0.15) is 0 Å². The fraction of sp³-hybridized carbons (Fsp3) is 0.714. The molecule has 2 amide bonds. The number of aromatic nitrogens is 2. The third kappa shape index (κ3) is 4.05. The smallest absolute Gasteiger partial charge is 0.317 e. The van der Waals surface area contributed by atoms with E-state index in [4.69, 9.17) is 4.74 Å². The molecule has 1 saturated heterocycles. The van der Waals surface area contributed by atoms with Crippen molar-refractivity contribution in [2.45, 2.75) is 26.1 Å². The number of fused-ring (bicyclic) bond motifs is 1. The quantitative estimate of drug-likeness (QED) is 0.793. The molecule has 10 heteroatoms. The molecule has 0 radical (unpaired) electrons.